The first kappa shape index (κ1) is 22.3. The molecule has 0 aliphatic rings. The number of nitrogens with zero attached hydrogens (tertiary/aromatic N) is 3. The van der Waals surface area contributed by atoms with Crippen LogP contribution < -0.4 is 16.2 Å². The summed E-state index contributed by atoms with van der Waals surface area (Å²) in [5.74, 6) is 0.854. The fraction of sp³-hybridized carbons (Fsp3) is 0.269. The SMILES string of the molecule is COc1ccc(C)c(-n2c(N)c(C(N)=O)c3cnc(-c4ccc(C(C)(C)C)cc4)nc32)c1C. The quantitative estimate of drug-likeness (QED) is 0.475. The molecule has 33 heavy (non-hydrogen) atoms. The van der Waals surface area contributed by atoms with E-state index in [9.17, 15) is 4.79 Å². The van der Waals surface area contributed by atoms with Gasteiger partial charge < -0.3 is 16.2 Å². The van der Waals surface area contributed by atoms with Gasteiger partial charge in [-0.05, 0) is 36.5 Å². The zero-order chi connectivity index (χ0) is 24.1. The van der Waals surface area contributed by atoms with Gasteiger partial charge in [-0.25, -0.2) is 9.97 Å². The van der Waals surface area contributed by atoms with Crippen LogP contribution in [0.3, 0.4) is 0 Å². The highest BCUT2D eigenvalue weighted by molar-refractivity contribution is 6.11. The monoisotopic (exact) mass is 443 g/mol. The molecule has 170 valence electrons. The Hall–Kier alpha value is -3.87. The fourth-order valence-electron chi connectivity index (χ4n) is 4.21. The average Bonchev–Trinajstić information content (AvgIpc) is 3.05. The van der Waals surface area contributed by atoms with E-state index >= 15 is 0 Å². The van der Waals surface area contributed by atoms with E-state index in [2.05, 4.69) is 37.9 Å². The molecule has 2 heterocycles. The number of hydrogen-bond acceptors (Lipinski definition) is 5. The summed E-state index contributed by atoms with van der Waals surface area (Å²) >= 11 is 0. The Labute approximate surface area is 193 Å². The number of fused-ring (bicyclic) bond motifs is 1. The van der Waals surface area contributed by atoms with Gasteiger partial charge in [0.25, 0.3) is 5.91 Å². The highest BCUT2D eigenvalue weighted by atomic mass is 16.5. The lowest BCUT2D eigenvalue weighted by Crippen LogP contribution is -2.14. The Balaban J connectivity index is 2.00. The molecule has 0 radical (unpaired) electrons. The third-order valence-corrected chi connectivity index (χ3v) is 6.03. The summed E-state index contributed by atoms with van der Waals surface area (Å²) in [7, 11) is 1.62. The summed E-state index contributed by atoms with van der Waals surface area (Å²) in [5.41, 5.74) is 17.7. The highest BCUT2D eigenvalue weighted by Gasteiger charge is 2.25. The summed E-state index contributed by atoms with van der Waals surface area (Å²) in [6, 6.07) is 12.0. The van der Waals surface area contributed by atoms with Gasteiger partial charge in [0.2, 0.25) is 0 Å². The van der Waals surface area contributed by atoms with Crippen LogP contribution in [0.25, 0.3) is 28.1 Å². The summed E-state index contributed by atoms with van der Waals surface area (Å²) in [6.45, 7) is 10.4. The van der Waals surface area contributed by atoms with Gasteiger partial charge in [-0.15, -0.1) is 0 Å². The second-order valence-corrected chi connectivity index (χ2v) is 9.28. The smallest absolute Gasteiger partial charge is 0.253 e. The molecule has 0 aliphatic heterocycles. The number of carbonyl (C=O) groups is 1. The lowest BCUT2D eigenvalue weighted by molar-refractivity contribution is 0.100. The molecule has 0 spiro atoms. The fourth-order valence-corrected chi connectivity index (χ4v) is 4.21. The number of primary amides is 1. The van der Waals surface area contributed by atoms with Crippen molar-refractivity contribution in [2.75, 3.05) is 12.8 Å². The first-order valence-corrected chi connectivity index (χ1v) is 10.8. The molecule has 4 aromatic rings. The van der Waals surface area contributed by atoms with E-state index in [4.69, 9.17) is 21.2 Å². The molecule has 0 unspecified atom stereocenters. The Morgan fingerprint density at radius 2 is 1.73 bits per heavy atom. The molecule has 0 fully saturated rings. The van der Waals surface area contributed by atoms with Crippen LogP contribution >= 0.6 is 0 Å². The maximum Gasteiger partial charge on any atom is 0.253 e. The first-order chi connectivity index (χ1) is 15.5. The Morgan fingerprint density at radius 1 is 1.06 bits per heavy atom. The molecule has 0 saturated heterocycles. The summed E-state index contributed by atoms with van der Waals surface area (Å²) in [4.78, 5) is 21.7. The number of aryl methyl sites for hydroxylation is 1. The maximum atomic E-state index is 12.3. The van der Waals surface area contributed by atoms with E-state index < -0.39 is 5.91 Å². The van der Waals surface area contributed by atoms with Crippen molar-refractivity contribution in [1.82, 2.24) is 14.5 Å². The van der Waals surface area contributed by atoms with E-state index in [1.54, 1.807) is 17.9 Å². The number of aromatic nitrogens is 3. The molecule has 7 nitrogen and oxygen atoms in total. The molecule has 0 aliphatic carbocycles. The molecule has 0 saturated carbocycles. The van der Waals surface area contributed by atoms with E-state index in [-0.39, 0.29) is 16.8 Å². The first-order valence-electron chi connectivity index (χ1n) is 10.8. The number of anilines is 1. The maximum absolute atomic E-state index is 12.3. The van der Waals surface area contributed by atoms with Crippen LogP contribution in [-0.2, 0) is 5.41 Å². The predicted molar refractivity (Wildman–Crippen MR) is 132 cm³/mol. The van der Waals surface area contributed by atoms with Crippen LogP contribution in [0.15, 0.2) is 42.6 Å². The van der Waals surface area contributed by atoms with E-state index in [0.717, 1.165) is 22.4 Å². The number of rotatable bonds is 4. The van der Waals surface area contributed by atoms with Gasteiger partial charge in [0.1, 0.15) is 11.6 Å². The van der Waals surface area contributed by atoms with E-state index in [1.807, 2.05) is 38.1 Å². The minimum atomic E-state index is -0.625. The van der Waals surface area contributed by atoms with Crippen LogP contribution in [0.5, 0.6) is 5.75 Å². The van der Waals surface area contributed by atoms with Crippen molar-refractivity contribution in [3.63, 3.8) is 0 Å². The molecular formula is C26H29N5O2. The zero-order valence-corrected chi connectivity index (χ0v) is 19.9. The van der Waals surface area contributed by atoms with Crippen molar-refractivity contribution in [3.05, 3.63) is 64.8 Å². The molecular weight excluding hydrogens is 414 g/mol. The Bertz CT molecular complexity index is 1380. The number of carbonyl (C=O) groups excluding carboxylic acids is 1. The van der Waals surface area contributed by atoms with Crippen LogP contribution in [0.1, 0.15) is 47.8 Å². The van der Waals surface area contributed by atoms with Gasteiger partial charge in [-0.3, -0.25) is 9.36 Å². The van der Waals surface area contributed by atoms with Gasteiger partial charge >= 0.3 is 0 Å². The summed E-state index contributed by atoms with van der Waals surface area (Å²) in [6.07, 6.45) is 1.62. The van der Waals surface area contributed by atoms with Gasteiger partial charge in [0.05, 0.1) is 23.7 Å². The molecule has 1 amide bonds. The van der Waals surface area contributed by atoms with Gasteiger partial charge in [-0.1, -0.05) is 51.1 Å². The topological polar surface area (TPSA) is 109 Å². The van der Waals surface area contributed by atoms with Crippen LogP contribution in [0.2, 0.25) is 0 Å². The van der Waals surface area contributed by atoms with Crippen LogP contribution in [0.4, 0.5) is 5.82 Å². The number of nitrogens with two attached hydrogens (primary N) is 2. The number of benzene rings is 2. The molecule has 0 atom stereocenters. The second kappa shape index (κ2) is 7.92. The summed E-state index contributed by atoms with van der Waals surface area (Å²) < 4.78 is 7.30. The lowest BCUT2D eigenvalue weighted by Gasteiger charge is -2.19. The van der Waals surface area contributed by atoms with Crippen molar-refractivity contribution in [3.8, 4) is 22.8 Å². The van der Waals surface area contributed by atoms with Gasteiger partial charge in [0, 0.05) is 17.3 Å². The van der Waals surface area contributed by atoms with Crippen LogP contribution in [-0.4, -0.2) is 27.6 Å². The summed E-state index contributed by atoms with van der Waals surface area (Å²) in [5, 5.41) is 0.511. The highest BCUT2D eigenvalue weighted by Crippen LogP contribution is 2.36. The Kier molecular flexibility index (Phi) is 5.36. The average molecular weight is 444 g/mol. The molecule has 4 N–H and O–H groups in total. The third-order valence-electron chi connectivity index (χ3n) is 6.03. The van der Waals surface area contributed by atoms with Gasteiger partial charge in [0.15, 0.2) is 11.5 Å². The third kappa shape index (κ3) is 3.69. The predicted octanol–water partition coefficient (Wildman–Crippen LogP) is 4.69. The lowest BCUT2D eigenvalue weighted by atomic mass is 9.87. The standard InChI is InChI=1S/C26H29N5O2/c1-14-7-12-19(33-6)15(2)21(14)31-22(27)20(23(28)32)18-13-29-24(30-25(18)31)16-8-10-17(11-9-16)26(3,4)5/h7-13H,27H2,1-6H3,(H2,28,32). The van der Waals surface area contributed by atoms with E-state index in [0.29, 0.717) is 22.6 Å². The molecule has 7 heteroatoms. The number of ether oxygens (including phenoxy) is 1. The zero-order valence-electron chi connectivity index (χ0n) is 19.9. The van der Waals surface area contributed by atoms with Crippen molar-refractivity contribution < 1.29 is 9.53 Å². The number of amides is 1. The number of methoxy groups -OCH3 is 1. The minimum absolute atomic E-state index is 0.0459. The molecule has 2 aromatic carbocycles. The van der Waals surface area contributed by atoms with Crippen LogP contribution in [0, 0.1) is 13.8 Å². The molecule has 4 rings (SSSR count). The number of hydrogen-bond donors (Lipinski definition) is 2. The molecule has 0 bridgehead atoms. The minimum Gasteiger partial charge on any atom is -0.496 e. The van der Waals surface area contributed by atoms with Gasteiger partial charge in [-0.2, -0.15) is 0 Å². The van der Waals surface area contributed by atoms with Crippen molar-refractivity contribution >= 4 is 22.8 Å². The van der Waals surface area contributed by atoms with E-state index in [1.165, 1.54) is 5.56 Å². The van der Waals surface area contributed by atoms with Crippen molar-refractivity contribution in [2.45, 2.75) is 40.0 Å². The molecule has 2 aromatic heterocycles. The Morgan fingerprint density at radius 3 is 2.30 bits per heavy atom. The van der Waals surface area contributed by atoms with Crippen molar-refractivity contribution in [2.24, 2.45) is 5.73 Å². The largest absolute Gasteiger partial charge is 0.496 e. The number of nitrogen functional groups attached to an aromatic ring is 1. The second-order valence-electron chi connectivity index (χ2n) is 9.28. The van der Waals surface area contributed by atoms with Crippen molar-refractivity contribution in [1.29, 1.82) is 0 Å². The normalized spacial score (nSPS) is 11.7.